The molecule has 0 aliphatic heterocycles. The first kappa shape index (κ1) is 14.9. The van der Waals surface area contributed by atoms with E-state index < -0.39 is 12.0 Å². The fraction of sp³-hybridized carbons (Fsp3) is 0.267. The molecule has 3 aromatic rings. The molecule has 0 bridgehead atoms. The largest absolute Gasteiger partial charge is 0.480 e. The number of aromatic nitrogens is 2. The van der Waals surface area contributed by atoms with Gasteiger partial charge in [-0.05, 0) is 32.2 Å². The van der Waals surface area contributed by atoms with Gasteiger partial charge in [-0.2, -0.15) is 0 Å². The van der Waals surface area contributed by atoms with E-state index in [9.17, 15) is 14.7 Å². The van der Waals surface area contributed by atoms with Crippen LogP contribution in [0.25, 0.3) is 20.7 Å². The molecule has 1 N–H and O–H groups in total. The fourth-order valence-electron chi connectivity index (χ4n) is 2.56. The van der Waals surface area contributed by atoms with Crippen molar-refractivity contribution >= 4 is 38.9 Å². The minimum atomic E-state index is -1.05. The average Bonchev–Trinajstić information content (AvgIpc) is 3.05. The van der Waals surface area contributed by atoms with Gasteiger partial charge in [0.2, 0.25) is 0 Å². The smallest absolute Gasteiger partial charge is 0.326 e. The number of aryl methyl sites for hydroxylation is 2. The monoisotopic (exact) mass is 334 g/mol. The molecule has 3 rings (SSSR count). The third kappa shape index (κ3) is 2.17. The highest BCUT2D eigenvalue weighted by Crippen LogP contribution is 2.38. The van der Waals surface area contributed by atoms with Crippen LogP contribution in [0.15, 0.2) is 22.3 Å². The maximum atomic E-state index is 12.9. The number of aliphatic carboxylic acids is 1. The molecule has 0 fully saturated rings. The van der Waals surface area contributed by atoms with Gasteiger partial charge in [-0.25, -0.2) is 9.78 Å². The Labute approximate surface area is 134 Å². The van der Waals surface area contributed by atoms with Crippen LogP contribution in [0.3, 0.4) is 0 Å². The number of carbonyl (C=O) groups is 1. The molecule has 0 aliphatic rings. The molecule has 0 radical (unpaired) electrons. The highest BCUT2D eigenvalue weighted by Gasteiger charge is 2.23. The molecule has 1 unspecified atom stereocenters. The Hall–Kier alpha value is -1.99. The minimum Gasteiger partial charge on any atom is -0.480 e. The van der Waals surface area contributed by atoms with Crippen LogP contribution in [-0.4, -0.2) is 20.6 Å². The van der Waals surface area contributed by atoms with Crippen LogP contribution >= 0.6 is 22.7 Å². The first-order valence-corrected chi connectivity index (χ1v) is 8.40. The van der Waals surface area contributed by atoms with Gasteiger partial charge in [0.05, 0.1) is 5.39 Å². The van der Waals surface area contributed by atoms with Gasteiger partial charge in [0.25, 0.3) is 5.56 Å². The van der Waals surface area contributed by atoms with Crippen LogP contribution in [0.2, 0.25) is 0 Å². The molecule has 0 saturated heterocycles. The van der Waals surface area contributed by atoms with Gasteiger partial charge in [-0.15, -0.1) is 22.7 Å². The lowest BCUT2D eigenvalue weighted by Crippen LogP contribution is -2.30. The van der Waals surface area contributed by atoms with Gasteiger partial charge < -0.3 is 5.11 Å². The maximum absolute atomic E-state index is 12.9. The number of nitrogens with zero attached hydrogens (tertiary/aromatic N) is 2. The molecule has 22 heavy (non-hydrogen) atoms. The first-order valence-electron chi connectivity index (χ1n) is 6.70. The lowest BCUT2D eigenvalue weighted by atomic mass is 10.1. The van der Waals surface area contributed by atoms with E-state index in [0.29, 0.717) is 16.0 Å². The van der Waals surface area contributed by atoms with E-state index in [-0.39, 0.29) is 5.56 Å². The van der Waals surface area contributed by atoms with E-state index in [1.54, 1.807) is 18.3 Å². The summed E-state index contributed by atoms with van der Waals surface area (Å²) < 4.78 is 1.26. The highest BCUT2D eigenvalue weighted by molar-refractivity contribution is 7.20. The van der Waals surface area contributed by atoms with Crippen LogP contribution < -0.4 is 5.56 Å². The molecule has 0 aliphatic carbocycles. The van der Waals surface area contributed by atoms with Crippen molar-refractivity contribution in [2.45, 2.75) is 26.8 Å². The summed E-state index contributed by atoms with van der Waals surface area (Å²) in [5.41, 5.74) is 0.587. The molecule has 0 saturated carbocycles. The summed E-state index contributed by atoms with van der Waals surface area (Å²) >= 11 is 3.03. The van der Waals surface area contributed by atoms with Crippen molar-refractivity contribution in [2.24, 2.45) is 0 Å². The number of carboxylic acids is 1. The Balaban J connectivity index is 2.41. The zero-order valence-corrected chi connectivity index (χ0v) is 13.9. The third-order valence-electron chi connectivity index (χ3n) is 3.62. The molecule has 114 valence electrons. The molecule has 5 nitrogen and oxygen atoms in total. The summed E-state index contributed by atoms with van der Waals surface area (Å²) in [6, 6.07) is 2.95. The third-order valence-corrected chi connectivity index (χ3v) is 5.51. The quantitative estimate of drug-likeness (QED) is 0.796. The zero-order valence-electron chi connectivity index (χ0n) is 12.3. The molecule has 1 atom stereocenters. The molecule has 3 aromatic heterocycles. The van der Waals surface area contributed by atoms with Gasteiger partial charge in [0.1, 0.15) is 16.7 Å². The summed E-state index contributed by atoms with van der Waals surface area (Å²) in [4.78, 5) is 31.3. The normalized spacial score (nSPS) is 12.7. The topological polar surface area (TPSA) is 72.2 Å². The molecule has 0 amide bonds. The van der Waals surface area contributed by atoms with Crippen molar-refractivity contribution in [3.63, 3.8) is 0 Å². The lowest BCUT2D eigenvalue weighted by molar-refractivity contribution is -0.140. The molecular weight excluding hydrogens is 320 g/mol. The second-order valence-electron chi connectivity index (χ2n) is 5.04. The predicted octanol–water partition coefficient (Wildman–Crippen LogP) is 3.45. The minimum absolute atomic E-state index is 0.287. The van der Waals surface area contributed by atoms with Gasteiger partial charge in [-0.3, -0.25) is 9.36 Å². The van der Waals surface area contributed by atoms with Gasteiger partial charge in [0, 0.05) is 15.3 Å². The van der Waals surface area contributed by atoms with Crippen molar-refractivity contribution in [1.82, 2.24) is 9.55 Å². The van der Waals surface area contributed by atoms with Crippen LogP contribution in [0.5, 0.6) is 0 Å². The average molecular weight is 334 g/mol. The Morgan fingerprint density at radius 2 is 2.14 bits per heavy atom. The number of rotatable bonds is 3. The predicted molar refractivity (Wildman–Crippen MR) is 89.0 cm³/mol. The number of carboxylic acid groups (broad SMARTS) is 1. The van der Waals surface area contributed by atoms with Crippen LogP contribution in [0.4, 0.5) is 0 Å². The second kappa shape index (κ2) is 5.33. The van der Waals surface area contributed by atoms with Crippen molar-refractivity contribution in [3.8, 4) is 10.4 Å². The van der Waals surface area contributed by atoms with Crippen molar-refractivity contribution < 1.29 is 9.90 Å². The van der Waals surface area contributed by atoms with E-state index in [1.165, 1.54) is 22.8 Å². The fourth-order valence-corrected chi connectivity index (χ4v) is 4.53. The Morgan fingerprint density at radius 1 is 1.41 bits per heavy atom. The van der Waals surface area contributed by atoms with Crippen molar-refractivity contribution in [1.29, 1.82) is 0 Å². The van der Waals surface area contributed by atoms with Gasteiger partial charge in [-0.1, -0.05) is 6.07 Å². The Morgan fingerprint density at radius 3 is 2.73 bits per heavy atom. The lowest BCUT2D eigenvalue weighted by Gasteiger charge is -2.13. The second-order valence-corrected chi connectivity index (χ2v) is 7.19. The number of hydrogen-bond donors (Lipinski definition) is 1. The summed E-state index contributed by atoms with van der Waals surface area (Å²) in [5, 5.41) is 11.7. The summed E-state index contributed by atoms with van der Waals surface area (Å²) in [6.07, 6.45) is 0. The summed E-state index contributed by atoms with van der Waals surface area (Å²) in [5.74, 6) is -0.623. The standard InChI is InChI=1S/C15H14N2O3S2/c1-7(15(19)20)17-9(3)16-13-12(14(17)18)11(8(2)22-13)10-5-4-6-21-10/h4-7H,1-3H3,(H,19,20). The van der Waals surface area contributed by atoms with Gasteiger partial charge >= 0.3 is 5.97 Å². The number of hydrogen-bond acceptors (Lipinski definition) is 5. The van der Waals surface area contributed by atoms with Gasteiger partial charge in [0.15, 0.2) is 0 Å². The number of thiophene rings is 2. The molecule has 7 heteroatoms. The summed E-state index contributed by atoms with van der Waals surface area (Å²) in [6.45, 7) is 5.12. The summed E-state index contributed by atoms with van der Waals surface area (Å²) in [7, 11) is 0. The molecule has 0 spiro atoms. The number of fused-ring (bicyclic) bond motifs is 1. The molecule has 0 aromatic carbocycles. The van der Waals surface area contributed by atoms with Crippen molar-refractivity contribution in [2.75, 3.05) is 0 Å². The molecular formula is C15H14N2O3S2. The first-order chi connectivity index (χ1) is 10.4. The van der Waals surface area contributed by atoms with E-state index in [1.807, 2.05) is 24.4 Å². The zero-order chi connectivity index (χ0) is 16.0. The SMILES string of the molecule is Cc1sc2nc(C)n(C(C)C(=O)O)c(=O)c2c1-c1cccs1. The van der Waals surface area contributed by atoms with Crippen LogP contribution in [-0.2, 0) is 4.79 Å². The maximum Gasteiger partial charge on any atom is 0.326 e. The molecule has 3 heterocycles. The van der Waals surface area contributed by atoms with E-state index in [0.717, 1.165) is 15.3 Å². The Bertz CT molecular complexity index is 923. The van der Waals surface area contributed by atoms with E-state index >= 15 is 0 Å². The highest BCUT2D eigenvalue weighted by atomic mass is 32.1. The van der Waals surface area contributed by atoms with Crippen molar-refractivity contribution in [3.05, 3.63) is 38.6 Å². The Kier molecular flexibility index (Phi) is 3.62. The van der Waals surface area contributed by atoms with Crippen LogP contribution in [0.1, 0.15) is 23.7 Å². The van der Waals surface area contributed by atoms with Crippen LogP contribution in [0, 0.1) is 13.8 Å². The van der Waals surface area contributed by atoms with E-state index in [4.69, 9.17) is 0 Å². The van der Waals surface area contributed by atoms with E-state index in [2.05, 4.69) is 4.98 Å².